The number of amidine groups is 1. The first-order valence-electron chi connectivity index (χ1n) is 5.27. The van der Waals surface area contributed by atoms with Gasteiger partial charge in [-0.05, 0) is 18.2 Å². The summed E-state index contributed by atoms with van der Waals surface area (Å²) in [5.41, 5.74) is 1.22. The van der Waals surface area contributed by atoms with Gasteiger partial charge in [-0.2, -0.15) is 4.99 Å². The number of benzene rings is 1. The highest BCUT2D eigenvalue weighted by Crippen LogP contribution is 2.28. The second-order valence-electron chi connectivity index (χ2n) is 3.91. The molecule has 0 amide bonds. The molecule has 1 aromatic carbocycles. The summed E-state index contributed by atoms with van der Waals surface area (Å²) in [6, 6.07) is 4.64. The van der Waals surface area contributed by atoms with Gasteiger partial charge in [0.05, 0.1) is 21.7 Å². The van der Waals surface area contributed by atoms with Gasteiger partial charge in [0.25, 0.3) is 5.84 Å². The fourth-order valence-electron chi connectivity index (χ4n) is 1.91. The van der Waals surface area contributed by atoms with Crippen molar-refractivity contribution in [2.24, 2.45) is 4.99 Å². The van der Waals surface area contributed by atoms with Crippen LogP contribution in [0.1, 0.15) is 5.56 Å². The summed E-state index contributed by atoms with van der Waals surface area (Å²) >= 11 is 9.12. The van der Waals surface area contributed by atoms with E-state index >= 15 is 0 Å². The van der Waals surface area contributed by atoms with Gasteiger partial charge in [0.2, 0.25) is 12.4 Å². The third-order valence-corrected chi connectivity index (χ3v) is 3.45. The molecule has 1 aromatic rings. The number of hydrogen-bond donors (Lipinski definition) is 0. The minimum absolute atomic E-state index is 0.346. The molecule has 2 heterocycles. The highest BCUT2D eigenvalue weighted by Gasteiger charge is 2.38. The predicted octanol–water partition coefficient (Wildman–Crippen LogP) is 3.43. The SMILES string of the molecule is Fc1cc(Cl)ccc1C1=CN=C2C=CN(Br)C[N+]12. The summed E-state index contributed by atoms with van der Waals surface area (Å²) in [7, 11) is 0. The lowest BCUT2D eigenvalue weighted by Crippen LogP contribution is -2.40. The number of hydrogen-bond acceptors (Lipinski definition) is 3. The quantitative estimate of drug-likeness (QED) is 0.572. The Labute approximate surface area is 117 Å². The number of rotatable bonds is 1. The van der Waals surface area contributed by atoms with Crippen molar-refractivity contribution in [3.63, 3.8) is 0 Å². The van der Waals surface area contributed by atoms with Gasteiger partial charge in [-0.25, -0.2) is 4.39 Å². The molecular formula is C12H8BrClFN3+. The third kappa shape index (κ3) is 1.98. The van der Waals surface area contributed by atoms with Gasteiger partial charge < -0.3 is 0 Å². The average Bonchev–Trinajstić information content (AvgIpc) is 2.72. The lowest BCUT2D eigenvalue weighted by molar-refractivity contribution is 0.530. The van der Waals surface area contributed by atoms with Crippen LogP contribution in [-0.2, 0) is 0 Å². The molecule has 3 rings (SSSR count). The van der Waals surface area contributed by atoms with E-state index < -0.39 is 0 Å². The van der Waals surface area contributed by atoms with E-state index in [0.29, 0.717) is 17.3 Å². The first kappa shape index (κ1) is 11.9. The maximum Gasteiger partial charge on any atom is 0.285 e. The van der Waals surface area contributed by atoms with Crippen molar-refractivity contribution in [3.8, 4) is 0 Å². The molecule has 0 fully saturated rings. The van der Waals surface area contributed by atoms with E-state index in [4.69, 9.17) is 11.6 Å². The monoisotopic (exact) mass is 327 g/mol. The zero-order valence-electron chi connectivity index (χ0n) is 9.15. The van der Waals surface area contributed by atoms with Crippen molar-refractivity contribution in [2.45, 2.75) is 0 Å². The zero-order valence-corrected chi connectivity index (χ0v) is 11.5. The van der Waals surface area contributed by atoms with Gasteiger partial charge in [-0.15, -0.1) is 0 Å². The number of halogens is 3. The lowest BCUT2D eigenvalue weighted by Gasteiger charge is -2.18. The van der Waals surface area contributed by atoms with Crippen molar-refractivity contribution in [1.82, 2.24) is 8.83 Å². The number of nitrogens with zero attached hydrogens (tertiary/aromatic N) is 3. The van der Waals surface area contributed by atoms with E-state index in [1.165, 1.54) is 6.07 Å². The molecule has 0 saturated carbocycles. The van der Waals surface area contributed by atoms with E-state index in [2.05, 4.69) is 21.1 Å². The van der Waals surface area contributed by atoms with Crippen LogP contribution in [0.3, 0.4) is 0 Å². The van der Waals surface area contributed by atoms with E-state index in [1.807, 2.05) is 21.1 Å². The largest absolute Gasteiger partial charge is 0.285 e. The van der Waals surface area contributed by atoms with Crippen molar-refractivity contribution >= 4 is 39.3 Å². The Morgan fingerprint density at radius 3 is 3.06 bits per heavy atom. The number of aliphatic imine (C=N–C) groups is 1. The standard InChI is InChI=1S/C12H8BrClFN3/c13-17-4-3-12-16-6-11(18(12)7-17)9-2-1-8(14)5-10(9)15/h1-6H,7H2/q+1. The van der Waals surface area contributed by atoms with Crippen LogP contribution in [0.4, 0.5) is 4.39 Å². The van der Waals surface area contributed by atoms with E-state index in [-0.39, 0.29) is 5.82 Å². The molecule has 0 atom stereocenters. The highest BCUT2D eigenvalue weighted by molar-refractivity contribution is 9.07. The minimum Gasteiger partial charge on any atom is -0.262 e. The smallest absolute Gasteiger partial charge is 0.262 e. The van der Waals surface area contributed by atoms with Crippen molar-refractivity contribution < 1.29 is 4.39 Å². The lowest BCUT2D eigenvalue weighted by atomic mass is 10.1. The molecule has 91 valence electrons. The van der Waals surface area contributed by atoms with Crippen LogP contribution in [0.15, 0.2) is 41.7 Å². The van der Waals surface area contributed by atoms with Gasteiger partial charge in [-0.1, -0.05) is 16.5 Å². The Bertz CT molecular complexity index is 597. The van der Waals surface area contributed by atoms with Crippen molar-refractivity contribution in [3.05, 3.63) is 53.1 Å². The molecule has 6 heteroatoms. The van der Waals surface area contributed by atoms with Gasteiger partial charge in [0.15, 0.2) is 0 Å². The molecular weight excluding hydrogens is 321 g/mol. The van der Waals surface area contributed by atoms with Gasteiger partial charge in [0.1, 0.15) is 12.0 Å². The van der Waals surface area contributed by atoms with Crippen LogP contribution < -0.4 is 4.90 Å². The molecule has 3 nitrogen and oxygen atoms in total. The molecule has 0 saturated heterocycles. The molecule has 0 bridgehead atoms. The first-order valence-corrected chi connectivity index (χ1v) is 6.35. The van der Waals surface area contributed by atoms with Gasteiger partial charge in [0, 0.05) is 17.3 Å². The minimum atomic E-state index is -0.346. The summed E-state index contributed by atoms with van der Waals surface area (Å²) in [5.74, 6) is 0.455. The molecule has 0 N–H and O–H groups in total. The van der Waals surface area contributed by atoms with E-state index in [9.17, 15) is 4.39 Å². The molecule has 0 aromatic heterocycles. The number of fused-ring (bicyclic) bond motifs is 1. The molecule has 2 aliphatic rings. The van der Waals surface area contributed by atoms with E-state index in [1.54, 1.807) is 18.3 Å². The molecule has 0 spiro atoms. The predicted molar refractivity (Wildman–Crippen MR) is 73.7 cm³/mol. The van der Waals surface area contributed by atoms with Crippen LogP contribution in [0, 0.1) is 5.82 Å². The van der Waals surface area contributed by atoms with Crippen molar-refractivity contribution in [1.29, 1.82) is 0 Å². The Balaban J connectivity index is 1.98. The molecule has 1 radical (unpaired) electrons. The third-order valence-electron chi connectivity index (χ3n) is 2.76. The average molecular weight is 329 g/mol. The van der Waals surface area contributed by atoms with Gasteiger partial charge >= 0.3 is 0 Å². The zero-order chi connectivity index (χ0) is 12.7. The van der Waals surface area contributed by atoms with Crippen LogP contribution in [-0.4, -0.2) is 16.4 Å². The Morgan fingerprint density at radius 2 is 2.28 bits per heavy atom. The highest BCUT2D eigenvalue weighted by atomic mass is 79.9. The normalized spacial score (nSPS) is 18.7. The summed E-state index contributed by atoms with van der Waals surface area (Å²) in [6.07, 6.45) is 5.39. The second kappa shape index (κ2) is 4.50. The summed E-state index contributed by atoms with van der Waals surface area (Å²) < 4.78 is 15.7. The topological polar surface area (TPSA) is 21.5 Å². The van der Waals surface area contributed by atoms with Crippen LogP contribution >= 0.6 is 27.7 Å². The van der Waals surface area contributed by atoms with Gasteiger partial charge in [-0.3, -0.25) is 3.93 Å². The fourth-order valence-corrected chi connectivity index (χ4v) is 2.41. The summed E-state index contributed by atoms with van der Waals surface area (Å²) in [6.45, 7) is 0.573. The molecule has 0 aliphatic carbocycles. The summed E-state index contributed by atoms with van der Waals surface area (Å²) in [4.78, 5) is 6.18. The second-order valence-corrected chi connectivity index (χ2v) is 5.26. The summed E-state index contributed by atoms with van der Waals surface area (Å²) in [5, 5.41) is 0.386. The Hall–Kier alpha value is -1.17. The fraction of sp³-hybridized carbons (Fsp3) is 0.0833. The first-order chi connectivity index (χ1) is 8.65. The Kier molecular flexibility index (Phi) is 2.97. The molecule has 18 heavy (non-hydrogen) atoms. The van der Waals surface area contributed by atoms with Crippen LogP contribution in [0.25, 0.3) is 5.70 Å². The van der Waals surface area contributed by atoms with E-state index in [0.717, 1.165) is 11.5 Å². The molecule has 2 aliphatic heterocycles. The molecule has 0 unspecified atom stereocenters. The maximum atomic E-state index is 13.9. The van der Waals surface area contributed by atoms with Crippen LogP contribution in [0.5, 0.6) is 0 Å². The Morgan fingerprint density at radius 1 is 1.44 bits per heavy atom. The van der Waals surface area contributed by atoms with Crippen molar-refractivity contribution in [2.75, 3.05) is 6.67 Å². The maximum absolute atomic E-state index is 13.9. The van der Waals surface area contributed by atoms with Crippen LogP contribution in [0.2, 0.25) is 5.02 Å².